The van der Waals surface area contributed by atoms with Crippen molar-refractivity contribution in [2.24, 2.45) is 11.8 Å². The summed E-state index contributed by atoms with van der Waals surface area (Å²) in [6.45, 7) is 6.56. The van der Waals surface area contributed by atoms with Crippen molar-refractivity contribution in [3.8, 4) is 0 Å². The molecule has 6 nitrogen and oxygen atoms in total. The molecule has 1 unspecified atom stereocenters. The van der Waals surface area contributed by atoms with Crippen LogP contribution < -0.4 is 10.2 Å². The van der Waals surface area contributed by atoms with Gasteiger partial charge in [-0.05, 0) is 18.2 Å². The van der Waals surface area contributed by atoms with Gasteiger partial charge in [0.1, 0.15) is 0 Å². The van der Waals surface area contributed by atoms with Crippen molar-refractivity contribution in [2.75, 3.05) is 16.8 Å². The highest BCUT2D eigenvalue weighted by Gasteiger charge is 2.24. The predicted molar refractivity (Wildman–Crippen MR) is 84.7 cm³/mol. The van der Waals surface area contributed by atoms with E-state index in [-0.39, 0.29) is 24.3 Å². The smallest absolute Gasteiger partial charge is 0.308 e. The molecule has 0 saturated carbocycles. The first-order chi connectivity index (χ1) is 10.2. The SMILES string of the molecule is CC(=O)Nc1cccc(N(CC(C)C(=O)O)C(=O)C(C)C)c1. The van der Waals surface area contributed by atoms with Crippen LogP contribution in [-0.4, -0.2) is 29.4 Å². The molecule has 0 bridgehead atoms. The number of carboxylic acid groups (broad SMARTS) is 1. The second kappa shape index (κ2) is 7.59. The second-order valence-corrected chi connectivity index (χ2v) is 5.57. The quantitative estimate of drug-likeness (QED) is 0.844. The number of carbonyl (C=O) groups excluding carboxylic acids is 2. The first-order valence-corrected chi connectivity index (χ1v) is 7.14. The molecule has 1 aromatic carbocycles. The van der Waals surface area contributed by atoms with E-state index < -0.39 is 11.9 Å². The van der Waals surface area contributed by atoms with Crippen LogP contribution in [0.15, 0.2) is 24.3 Å². The van der Waals surface area contributed by atoms with Gasteiger partial charge in [0.15, 0.2) is 0 Å². The van der Waals surface area contributed by atoms with Crippen molar-refractivity contribution < 1.29 is 19.5 Å². The first-order valence-electron chi connectivity index (χ1n) is 7.14. The largest absolute Gasteiger partial charge is 0.481 e. The van der Waals surface area contributed by atoms with E-state index in [9.17, 15) is 14.4 Å². The van der Waals surface area contributed by atoms with Crippen LogP contribution in [0.25, 0.3) is 0 Å². The number of anilines is 2. The summed E-state index contributed by atoms with van der Waals surface area (Å²) in [7, 11) is 0. The third-order valence-electron chi connectivity index (χ3n) is 3.12. The van der Waals surface area contributed by atoms with Gasteiger partial charge >= 0.3 is 5.97 Å². The third-order valence-corrected chi connectivity index (χ3v) is 3.12. The Morgan fingerprint density at radius 3 is 2.36 bits per heavy atom. The number of amides is 2. The van der Waals surface area contributed by atoms with Crippen molar-refractivity contribution in [3.05, 3.63) is 24.3 Å². The Morgan fingerprint density at radius 1 is 1.23 bits per heavy atom. The van der Waals surface area contributed by atoms with Gasteiger partial charge in [-0.25, -0.2) is 0 Å². The van der Waals surface area contributed by atoms with Gasteiger partial charge in [-0.1, -0.05) is 26.8 Å². The molecule has 22 heavy (non-hydrogen) atoms. The normalized spacial score (nSPS) is 11.9. The van der Waals surface area contributed by atoms with E-state index in [0.717, 1.165) is 0 Å². The Balaban J connectivity index is 3.12. The number of nitrogens with one attached hydrogen (secondary N) is 1. The average molecular weight is 306 g/mol. The highest BCUT2D eigenvalue weighted by Crippen LogP contribution is 2.22. The summed E-state index contributed by atoms with van der Waals surface area (Å²) in [6.07, 6.45) is 0. The number of aliphatic carboxylic acids is 1. The molecular formula is C16H22N2O4. The molecule has 1 rings (SSSR count). The summed E-state index contributed by atoms with van der Waals surface area (Å²) >= 11 is 0. The lowest BCUT2D eigenvalue weighted by Crippen LogP contribution is -2.39. The number of carbonyl (C=O) groups is 3. The molecular weight excluding hydrogens is 284 g/mol. The summed E-state index contributed by atoms with van der Waals surface area (Å²) in [5.74, 6) is -2.28. The van der Waals surface area contributed by atoms with Crippen molar-refractivity contribution in [1.82, 2.24) is 0 Å². The zero-order chi connectivity index (χ0) is 16.9. The number of nitrogens with zero attached hydrogens (tertiary/aromatic N) is 1. The van der Waals surface area contributed by atoms with Crippen LogP contribution in [0.1, 0.15) is 27.7 Å². The molecule has 0 heterocycles. The summed E-state index contributed by atoms with van der Waals surface area (Å²) in [6, 6.07) is 6.81. The monoisotopic (exact) mass is 306 g/mol. The molecule has 0 aliphatic rings. The van der Waals surface area contributed by atoms with E-state index in [0.29, 0.717) is 11.4 Å². The molecule has 0 spiro atoms. The fraction of sp³-hybridized carbons (Fsp3) is 0.438. The lowest BCUT2D eigenvalue weighted by Gasteiger charge is -2.26. The Labute approximate surface area is 130 Å². The highest BCUT2D eigenvalue weighted by atomic mass is 16.4. The van der Waals surface area contributed by atoms with Gasteiger partial charge in [-0.15, -0.1) is 0 Å². The van der Waals surface area contributed by atoms with E-state index in [2.05, 4.69) is 5.32 Å². The van der Waals surface area contributed by atoms with Crippen LogP contribution in [0.3, 0.4) is 0 Å². The molecule has 2 amide bonds. The van der Waals surface area contributed by atoms with E-state index >= 15 is 0 Å². The molecule has 0 radical (unpaired) electrons. The zero-order valence-electron chi connectivity index (χ0n) is 13.3. The van der Waals surface area contributed by atoms with Crippen LogP contribution in [-0.2, 0) is 14.4 Å². The summed E-state index contributed by atoms with van der Waals surface area (Å²) in [5, 5.41) is 11.7. The van der Waals surface area contributed by atoms with Gasteiger partial charge in [0.25, 0.3) is 0 Å². The fourth-order valence-electron chi connectivity index (χ4n) is 1.94. The molecule has 0 saturated heterocycles. The minimum Gasteiger partial charge on any atom is -0.481 e. The lowest BCUT2D eigenvalue weighted by molar-refractivity contribution is -0.140. The maximum Gasteiger partial charge on any atom is 0.308 e. The fourth-order valence-corrected chi connectivity index (χ4v) is 1.94. The van der Waals surface area contributed by atoms with Gasteiger partial charge in [0.05, 0.1) is 5.92 Å². The van der Waals surface area contributed by atoms with Gasteiger partial charge in [-0.3, -0.25) is 14.4 Å². The van der Waals surface area contributed by atoms with Gasteiger partial charge in [0.2, 0.25) is 11.8 Å². The summed E-state index contributed by atoms with van der Waals surface area (Å²) in [4.78, 5) is 36.0. The van der Waals surface area contributed by atoms with Crippen molar-refractivity contribution >= 4 is 29.2 Å². The Bertz CT molecular complexity index is 569. The number of benzene rings is 1. The highest BCUT2D eigenvalue weighted by molar-refractivity contribution is 5.96. The minimum atomic E-state index is -0.959. The van der Waals surface area contributed by atoms with Gasteiger partial charge in [0, 0.05) is 30.8 Å². The van der Waals surface area contributed by atoms with Crippen molar-refractivity contribution in [2.45, 2.75) is 27.7 Å². The third kappa shape index (κ3) is 4.87. The number of hydrogen-bond acceptors (Lipinski definition) is 3. The van der Waals surface area contributed by atoms with Crippen LogP contribution in [0.4, 0.5) is 11.4 Å². The molecule has 1 aromatic rings. The zero-order valence-corrected chi connectivity index (χ0v) is 13.3. The maximum absolute atomic E-state index is 12.4. The molecule has 1 atom stereocenters. The summed E-state index contributed by atoms with van der Waals surface area (Å²) < 4.78 is 0. The summed E-state index contributed by atoms with van der Waals surface area (Å²) in [5.41, 5.74) is 1.13. The molecule has 0 fully saturated rings. The number of hydrogen-bond donors (Lipinski definition) is 2. The van der Waals surface area contributed by atoms with E-state index in [4.69, 9.17) is 5.11 Å². The molecule has 6 heteroatoms. The van der Waals surface area contributed by atoms with Gasteiger partial charge in [-0.2, -0.15) is 0 Å². The standard InChI is InChI=1S/C16H22N2O4/c1-10(2)15(20)18(9-11(3)16(21)22)14-7-5-6-13(8-14)17-12(4)19/h5-8,10-11H,9H2,1-4H3,(H,17,19)(H,21,22). The Kier molecular flexibility index (Phi) is 6.10. The first kappa shape index (κ1) is 17.7. The molecule has 2 N–H and O–H groups in total. The predicted octanol–water partition coefficient (Wildman–Crippen LogP) is 2.35. The Morgan fingerprint density at radius 2 is 1.86 bits per heavy atom. The number of carboxylic acids is 1. The Hall–Kier alpha value is -2.37. The molecule has 0 aliphatic heterocycles. The molecule has 0 aliphatic carbocycles. The van der Waals surface area contributed by atoms with Crippen LogP contribution in [0.5, 0.6) is 0 Å². The molecule has 0 aromatic heterocycles. The van der Waals surface area contributed by atoms with Crippen molar-refractivity contribution in [3.63, 3.8) is 0 Å². The topological polar surface area (TPSA) is 86.7 Å². The van der Waals surface area contributed by atoms with E-state index in [1.165, 1.54) is 11.8 Å². The van der Waals surface area contributed by atoms with Gasteiger partial charge < -0.3 is 15.3 Å². The van der Waals surface area contributed by atoms with Crippen LogP contribution in [0, 0.1) is 11.8 Å². The average Bonchev–Trinajstić information content (AvgIpc) is 2.43. The van der Waals surface area contributed by atoms with Crippen LogP contribution >= 0.6 is 0 Å². The molecule has 120 valence electrons. The van der Waals surface area contributed by atoms with Crippen LogP contribution in [0.2, 0.25) is 0 Å². The lowest BCUT2D eigenvalue weighted by atomic mass is 10.1. The van der Waals surface area contributed by atoms with Crippen molar-refractivity contribution in [1.29, 1.82) is 0 Å². The minimum absolute atomic E-state index is 0.0792. The van der Waals surface area contributed by atoms with E-state index in [1.54, 1.807) is 45.0 Å². The maximum atomic E-state index is 12.4. The second-order valence-electron chi connectivity index (χ2n) is 5.57. The number of rotatable bonds is 6. The van der Waals surface area contributed by atoms with E-state index in [1.807, 2.05) is 0 Å².